The van der Waals surface area contributed by atoms with Gasteiger partial charge in [0.1, 0.15) is 5.75 Å². The lowest BCUT2D eigenvalue weighted by atomic mass is 10.0. The van der Waals surface area contributed by atoms with Gasteiger partial charge in [0.2, 0.25) is 0 Å². The zero-order valence-corrected chi connectivity index (χ0v) is 10.6. The Morgan fingerprint density at radius 1 is 1.44 bits per heavy atom. The molecule has 0 spiro atoms. The zero-order valence-electron chi connectivity index (χ0n) is 10.6. The van der Waals surface area contributed by atoms with Gasteiger partial charge in [-0.3, -0.25) is 4.79 Å². The van der Waals surface area contributed by atoms with Crippen molar-refractivity contribution in [1.82, 2.24) is 5.32 Å². The van der Waals surface area contributed by atoms with Crippen LogP contribution >= 0.6 is 0 Å². The van der Waals surface area contributed by atoms with Crippen molar-refractivity contribution in [2.45, 2.75) is 25.3 Å². The molecule has 0 bridgehead atoms. The van der Waals surface area contributed by atoms with Crippen LogP contribution < -0.4 is 10.1 Å². The molecule has 4 heteroatoms. The molecule has 1 amide bonds. The fourth-order valence-corrected chi connectivity index (χ4v) is 2.52. The predicted octanol–water partition coefficient (Wildman–Crippen LogP) is 1.59. The van der Waals surface area contributed by atoms with E-state index in [9.17, 15) is 9.90 Å². The van der Waals surface area contributed by atoms with Gasteiger partial charge < -0.3 is 15.2 Å². The van der Waals surface area contributed by atoms with Gasteiger partial charge in [0.25, 0.3) is 5.91 Å². The Hall–Kier alpha value is -1.55. The molecule has 1 saturated carbocycles. The third-order valence-corrected chi connectivity index (χ3v) is 3.56. The first-order valence-corrected chi connectivity index (χ1v) is 6.31. The number of carbonyl (C=O) groups excluding carboxylic acids is 1. The number of benzene rings is 1. The van der Waals surface area contributed by atoms with Crippen molar-refractivity contribution in [3.8, 4) is 5.75 Å². The van der Waals surface area contributed by atoms with Crippen molar-refractivity contribution in [2.75, 3.05) is 13.7 Å². The van der Waals surface area contributed by atoms with Gasteiger partial charge in [-0.25, -0.2) is 0 Å². The third-order valence-electron chi connectivity index (χ3n) is 3.56. The van der Waals surface area contributed by atoms with Crippen molar-refractivity contribution in [2.24, 2.45) is 5.92 Å². The summed E-state index contributed by atoms with van der Waals surface area (Å²) in [6.07, 6.45) is 2.97. The van der Waals surface area contributed by atoms with Crippen molar-refractivity contribution >= 4 is 5.91 Å². The Kier molecular flexibility index (Phi) is 4.20. The highest BCUT2D eigenvalue weighted by Gasteiger charge is 2.28. The van der Waals surface area contributed by atoms with E-state index in [4.69, 9.17) is 4.74 Å². The molecule has 0 saturated heterocycles. The molecule has 2 atom stereocenters. The molecule has 2 rings (SSSR count). The van der Waals surface area contributed by atoms with Crippen molar-refractivity contribution < 1.29 is 14.6 Å². The van der Waals surface area contributed by atoms with Gasteiger partial charge in [0.15, 0.2) is 0 Å². The number of methoxy groups -OCH3 is 1. The molecule has 98 valence electrons. The summed E-state index contributed by atoms with van der Waals surface area (Å²) >= 11 is 0. The van der Waals surface area contributed by atoms with Crippen LogP contribution in [-0.2, 0) is 0 Å². The molecule has 0 heterocycles. The fourth-order valence-electron chi connectivity index (χ4n) is 2.52. The first-order chi connectivity index (χ1) is 8.76. The van der Waals surface area contributed by atoms with Gasteiger partial charge in [0.05, 0.1) is 12.7 Å². The van der Waals surface area contributed by atoms with Gasteiger partial charge in [-0.1, -0.05) is 18.6 Å². The standard InChI is InChI=1S/C14H19NO3/c1-18-13-8-3-2-6-11(13)14(17)15-12-7-4-5-10(12)9-16/h2-3,6,8,10,12,16H,4-5,7,9H2,1H3,(H,15,17). The molecule has 1 aromatic carbocycles. The van der Waals surface area contributed by atoms with Crippen LogP contribution in [0.4, 0.5) is 0 Å². The number of hydrogen-bond acceptors (Lipinski definition) is 3. The molecular weight excluding hydrogens is 230 g/mol. The van der Waals surface area contributed by atoms with Crippen LogP contribution in [-0.4, -0.2) is 30.8 Å². The van der Waals surface area contributed by atoms with Crippen molar-refractivity contribution in [3.05, 3.63) is 29.8 Å². The summed E-state index contributed by atoms with van der Waals surface area (Å²) in [6.45, 7) is 0.136. The number of rotatable bonds is 4. The van der Waals surface area contributed by atoms with E-state index < -0.39 is 0 Å². The van der Waals surface area contributed by atoms with E-state index in [-0.39, 0.29) is 24.5 Å². The van der Waals surface area contributed by atoms with Crippen LogP contribution in [0.25, 0.3) is 0 Å². The fraction of sp³-hybridized carbons (Fsp3) is 0.500. The Bertz CT molecular complexity index is 419. The Balaban J connectivity index is 2.07. The third kappa shape index (κ3) is 2.64. The Labute approximate surface area is 107 Å². The lowest BCUT2D eigenvalue weighted by Gasteiger charge is -2.19. The second-order valence-corrected chi connectivity index (χ2v) is 4.65. The summed E-state index contributed by atoms with van der Waals surface area (Å²) in [7, 11) is 1.55. The molecule has 1 fully saturated rings. The number of carbonyl (C=O) groups is 1. The maximum atomic E-state index is 12.2. The molecule has 0 aliphatic heterocycles. The zero-order chi connectivity index (χ0) is 13.0. The van der Waals surface area contributed by atoms with E-state index in [1.807, 2.05) is 12.1 Å². The molecule has 2 N–H and O–H groups in total. The largest absolute Gasteiger partial charge is 0.496 e. The monoisotopic (exact) mass is 249 g/mol. The van der Waals surface area contributed by atoms with E-state index >= 15 is 0 Å². The number of hydrogen-bond donors (Lipinski definition) is 2. The maximum Gasteiger partial charge on any atom is 0.255 e. The average molecular weight is 249 g/mol. The number of aliphatic hydroxyl groups excluding tert-OH is 1. The van der Waals surface area contributed by atoms with Crippen molar-refractivity contribution in [1.29, 1.82) is 0 Å². The van der Waals surface area contributed by atoms with E-state index in [2.05, 4.69) is 5.32 Å². The minimum absolute atomic E-state index is 0.0763. The van der Waals surface area contributed by atoms with Crippen LogP contribution in [0.5, 0.6) is 5.75 Å². The summed E-state index contributed by atoms with van der Waals surface area (Å²) in [6, 6.07) is 7.24. The second-order valence-electron chi connectivity index (χ2n) is 4.65. The summed E-state index contributed by atoms with van der Waals surface area (Å²) in [5.41, 5.74) is 0.545. The van der Waals surface area contributed by atoms with Crippen LogP contribution in [0.1, 0.15) is 29.6 Å². The van der Waals surface area contributed by atoms with Crippen LogP contribution in [0.15, 0.2) is 24.3 Å². The molecule has 0 aromatic heterocycles. The molecule has 18 heavy (non-hydrogen) atoms. The first-order valence-electron chi connectivity index (χ1n) is 6.31. The van der Waals surface area contributed by atoms with Gasteiger partial charge >= 0.3 is 0 Å². The van der Waals surface area contributed by atoms with Gasteiger partial charge in [0, 0.05) is 18.6 Å². The van der Waals surface area contributed by atoms with Crippen LogP contribution in [0, 0.1) is 5.92 Å². The highest BCUT2D eigenvalue weighted by molar-refractivity contribution is 5.97. The van der Waals surface area contributed by atoms with E-state index in [1.165, 1.54) is 0 Å². The maximum absolute atomic E-state index is 12.2. The number of ether oxygens (including phenoxy) is 1. The normalized spacial score (nSPS) is 22.8. The Morgan fingerprint density at radius 2 is 2.22 bits per heavy atom. The van der Waals surface area contributed by atoms with Crippen LogP contribution in [0.3, 0.4) is 0 Å². The number of para-hydroxylation sites is 1. The number of aliphatic hydroxyl groups is 1. The van der Waals surface area contributed by atoms with Crippen molar-refractivity contribution in [3.63, 3.8) is 0 Å². The summed E-state index contributed by atoms with van der Waals surface area (Å²) < 4.78 is 5.17. The van der Waals surface area contributed by atoms with Gasteiger partial charge in [-0.15, -0.1) is 0 Å². The predicted molar refractivity (Wildman–Crippen MR) is 68.7 cm³/mol. The summed E-state index contributed by atoms with van der Waals surface area (Å²) in [5, 5.41) is 12.2. The van der Waals surface area contributed by atoms with E-state index in [0.717, 1.165) is 19.3 Å². The second kappa shape index (κ2) is 5.87. The number of nitrogens with one attached hydrogen (secondary N) is 1. The lowest BCUT2D eigenvalue weighted by Crippen LogP contribution is -2.38. The van der Waals surface area contributed by atoms with E-state index in [1.54, 1.807) is 19.2 Å². The lowest BCUT2D eigenvalue weighted by molar-refractivity contribution is 0.0913. The first kappa shape index (κ1) is 12.9. The highest BCUT2D eigenvalue weighted by Crippen LogP contribution is 2.26. The van der Waals surface area contributed by atoms with Gasteiger partial charge in [-0.2, -0.15) is 0 Å². The molecule has 0 radical (unpaired) electrons. The molecule has 2 unspecified atom stereocenters. The van der Waals surface area contributed by atoms with Gasteiger partial charge in [-0.05, 0) is 25.0 Å². The summed E-state index contributed by atoms with van der Waals surface area (Å²) in [4.78, 5) is 12.2. The Morgan fingerprint density at radius 3 is 2.94 bits per heavy atom. The quantitative estimate of drug-likeness (QED) is 0.852. The average Bonchev–Trinajstić information content (AvgIpc) is 2.85. The molecule has 1 aromatic rings. The minimum atomic E-state index is -0.127. The van der Waals surface area contributed by atoms with Crippen LogP contribution in [0.2, 0.25) is 0 Å². The molecule has 4 nitrogen and oxygen atoms in total. The highest BCUT2D eigenvalue weighted by atomic mass is 16.5. The minimum Gasteiger partial charge on any atom is -0.496 e. The number of amides is 1. The summed E-state index contributed by atoms with van der Waals surface area (Å²) in [5.74, 6) is 0.634. The van der Waals surface area contributed by atoms with E-state index in [0.29, 0.717) is 11.3 Å². The molecule has 1 aliphatic rings. The molecule has 1 aliphatic carbocycles. The molecular formula is C14H19NO3. The SMILES string of the molecule is COc1ccccc1C(=O)NC1CCCC1CO. The smallest absolute Gasteiger partial charge is 0.255 e. The topological polar surface area (TPSA) is 58.6 Å².